The molecule has 1 aliphatic rings. The number of amides is 1. The third kappa shape index (κ3) is 3.39. The number of carbonyl (C=O) groups excluding carboxylic acids is 1. The van der Waals surface area contributed by atoms with Gasteiger partial charge in [-0.15, -0.1) is 11.3 Å². The van der Waals surface area contributed by atoms with Crippen LogP contribution in [0.2, 0.25) is 0 Å². The number of rotatable bonds is 5. The van der Waals surface area contributed by atoms with E-state index in [0.29, 0.717) is 36.8 Å². The number of benzene rings is 1. The monoisotopic (exact) mass is 318 g/mol. The lowest BCUT2D eigenvalue weighted by molar-refractivity contribution is 0.0942. The number of aryl methyl sites for hydroxylation is 2. The fraction of sp³-hybridized carbons (Fsp3) is 0.375. The number of carbonyl (C=O) groups is 1. The molecule has 1 aromatic heterocycles. The van der Waals surface area contributed by atoms with Crippen molar-refractivity contribution < 1.29 is 14.3 Å². The van der Waals surface area contributed by atoms with Gasteiger partial charge in [0, 0.05) is 24.0 Å². The Morgan fingerprint density at radius 3 is 3.05 bits per heavy atom. The maximum atomic E-state index is 12.3. The van der Waals surface area contributed by atoms with Gasteiger partial charge in [-0.1, -0.05) is 6.07 Å². The lowest BCUT2D eigenvalue weighted by Gasteiger charge is -2.20. The van der Waals surface area contributed by atoms with Gasteiger partial charge in [-0.25, -0.2) is 4.98 Å². The molecule has 6 heteroatoms. The first-order valence-corrected chi connectivity index (χ1v) is 8.20. The van der Waals surface area contributed by atoms with Crippen LogP contribution in [0.5, 0.6) is 11.5 Å². The average Bonchev–Trinajstić information content (AvgIpc) is 2.96. The van der Waals surface area contributed by atoms with Crippen LogP contribution in [0.4, 0.5) is 0 Å². The van der Waals surface area contributed by atoms with Gasteiger partial charge in [0.2, 0.25) is 0 Å². The van der Waals surface area contributed by atoms with Crippen molar-refractivity contribution >= 4 is 17.2 Å². The molecule has 1 aliphatic heterocycles. The van der Waals surface area contributed by atoms with Crippen molar-refractivity contribution in [1.82, 2.24) is 10.3 Å². The van der Waals surface area contributed by atoms with Crippen molar-refractivity contribution in [3.05, 3.63) is 39.8 Å². The van der Waals surface area contributed by atoms with Gasteiger partial charge in [-0.3, -0.25) is 4.79 Å². The van der Waals surface area contributed by atoms with Crippen LogP contribution >= 0.6 is 11.3 Å². The molecule has 5 nitrogen and oxygen atoms in total. The van der Waals surface area contributed by atoms with Crippen LogP contribution in [0.3, 0.4) is 0 Å². The molecule has 3 rings (SSSR count). The molecule has 0 aliphatic carbocycles. The van der Waals surface area contributed by atoms with Crippen LogP contribution < -0.4 is 14.8 Å². The van der Waals surface area contributed by atoms with E-state index in [1.165, 1.54) is 0 Å². The highest BCUT2D eigenvalue weighted by molar-refractivity contribution is 7.09. The fourth-order valence-corrected chi connectivity index (χ4v) is 3.12. The molecule has 0 spiro atoms. The highest BCUT2D eigenvalue weighted by atomic mass is 32.1. The van der Waals surface area contributed by atoms with Gasteiger partial charge in [-0.2, -0.15) is 0 Å². The summed E-state index contributed by atoms with van der Waals surface area (Å²) >= 11 is 1.66. The van der Waals surface area contributed by atoms with Crippen LogP contribution in [0.25, 0.3) is 0 Å². The third-order valence-electron chi connectivity index (χ3n) is 3.33. The molecule has 0 radical (unpaired) electrons. The number of hydrogen-bond donors (Lipinski definition) is 1. The van der Waals surface area contributed by atoms with Gasteiger partial charge in [0.15, 0.2) is 11.5 Å². The molecule has 0 saturated carbocycles. The van der Waals surface area contributed by atoms with Crippen LogP contribution in [0.1, 0.15) is 27.5 Å². The van der Waals surface area contributed by atoms with Crippen molar-refractivity contribution in [3.63, 3.8) is 0 Å². The molecule has 0 saturated heterocycles. The molecule has 2 heterocycles. The zero-order chi connectivity index (χ0) is 15.4. The Morgan fingerprint density at radius 1 is 1.36 bits per heavy atom. The Hall–Kier alpha value is -2.08. The molecule has 1 N–H and O–H groups in total. The van der Waals surface area contributed by atoms with Crippen LogP contribution in [-0.4, -0.2) is 30.6 Å². The molecule has 0 bridgehead atoms. The number of thiazole rings is 1. The quantitative estimate of drug-likeness (QED) is 0.861. The predicted molar refractivity (Wildman–Crippen MR) is 84.9 cm³/mol. The number of para-hydroxylation sites is 1. The smallest absolute Gasteiger partial charge is 0.255 e. The summed E-state index contributed by atoms with van der Waals surface area (Å²) in [5, 5.41) is 6.08. The highest BCUT2D eigenvalue weighted by Gasteiger charge is 2.19. The minimum Gasteiger partial charge on any atom is -0.486 e. The summed E-state index contributed by atoms with van der Waals surface area (Å²) < 4.78 is 11.0. The summed E-state index contributed by atoms with van der Waals surface area (Å²) in [5.74, 6) is 1.05. The van der Waals surface area contributed by atoms with E-state index >= 15 is 0 Å². The normalized spacial score (nSPS) is 13.0. The SMILES string of the molecule is Cc1csc(CCCNC(=O)c2cccc3c2OCCO3)n1. The number of ether oxygens (including phenoxy) is 2. The topological polar surface area (TPSA) is 60.5 Å². The molecule has 0 atom stereocenters. The third-order valence-corrected chi connectivity index (χ3v) is 4.36. The second-order valence-electron chi connectivity index (χ2n) is 5.07. The van der Waals surface area contributed by atoms with Crippen LogP contribution in [0, 0.1) is 6.92 Å². The summed E-state index contributed by atoms with van der Waals surface area (Å²) in [5.41, 5.74) is 1.58. The van der Waals surface area contributed by atoms with E-state index in [-0.39, 0.29) is 5.91 Å². The summed E-state index contributed by atoms with van der Waals surface area (Å²) in [7, 11) is 0. The molecule has 1 amide bonds. The second-order valence-corrected chi connectivity index (χ2v) is 6.01. The molecular weight excluding hydrogens is 300 g/mol. The number of nitrogens with zero attached hydrogens (tertiary/aromatic N) is 1. The van der Waals surface area contributed by atoms with Crippen LogP contribution in [0.15, 0.2) is 23.6 Å². The first kappa shape index (κ1) is 14.8. The van der Waals surface area contributed by atoms with E-state index in [2.05, 4.69) is 10.3 Å². The predicted octanol–water partition coefficient (Wildman–Crippen LogP) is 2.59. The summed E-state index contributed by atoms with van der Waals surface area (Å²) in [6, 6.07) is 5.38. The van der Waals surface area contributed by atoms with Crippen molar-refractivity contribution in [2.24, 2.45) is 0 Å². The zero-order valence-electron chi connectivity index (χ0n) is 12.4. The van der Waals surface area contributed by atoms with E-state index in [0.717, 1.165) is 23.5 Å². The summed E-state index contributed by atoms with van der Waals surface area (Å²) in [6.07, 6.45) is 1.75. The maximum absolute atomic E-state index is 12.3. The number of hydrogen-bond acceptors (Lipinski definition) is 5. The van der Waals surface area contributed by atoms with Gasteiger partial charge in [0.25, 0.3) is 5.91 Å². The molecule has 2 aromatic rings. The molecular formula is C16H18N2O3S. The lowest BCUT2D eigenvalue weighted by atomic mass is 10.1. The molecule has 1 aromatic carbocycles. The Kier molecular flexibility index (Phi) is 4.58. The van der Waals surface area contributed by atoms with Crippen LogP contribution in [-0.2, 0) is 6.42 Å². The number of fused-ring (bicyclic) bond motifs is 1. The standard InChI is InChI=1S/C16H18N2O3S/c1-11-10-22-14(18-11)6-3-7-17-16(19)12-4-2-5-13-15(12)21-9-8-20-13/h2,4-5,10H,3,6-9H2,1H3,(H,17,19). The average molecular weight is 318 g/mol. The van der Waals surface area contributed by atoms with E-state index in [4.69, 9.17) is 9.47 Å². The van der Waals surface area contributed by atoms with Gasteiger partial charge in [0.05, 0.1) is 10.6 Å². The van der Waals surface area contributed by atoms with Gasteiger partial charge < -0.3 is 14.8 Å². The maximum Gasteiger partial charge on any atom is 0.255 e. The fourth-order valence-electron chi connectivity index (χ4n) is 2.31. The molecule has 22 heavy (non-hydrogen) atoms. The first-order valence-electron chi connectivity index (χ1n) is 7.32. The molecule has 0 fully saturated rings. The van der Waals surface area contributed by atoms with E-state index < -0.39 is 0 Å². The Balaban J connectivity index is 1.54. The summed E-state index contributed by atoms with van der Waals surface area (Å²) in [4.78, 5) is 16.7. The van der Waals surface area contributed by atoms with Gasteiger partial charge in [-0.05, 0) is 25.5 Å². The largest absolute Gasteiger partial charge is 0.486 e. The highest BCUT2D eigenvalue weighted by Crippen LogP contribution is 2.33. The minimum absolute atomic E-state index is 0.127. The van der Waals surface area contributed by atoms with Crippen molar-refractivity contribution in [3.8, 4) is 11.5 Å². The van der Waals surface area contributed by atoms with E-state index in [1.807, 2.05) is 18.4 Å². The molecule has 116 valence electrons. The van der Waals surface area contributed by atoms with Gasteiger partial charge >= 0.3 is 0 Å². The minimum atomic E-state index is -0.127. The Morgan fingerprint density at radius 2 is 2.23 bits per heavy atom. The number of aromatic nitrogens is 1. The van der Waals surface area contributed by atoms with Gasteiger partial charge in [0.1, 0.15) is 13.2 Å². The zero-order valence-corrected chi connectivity index (χ0v) is 13.2. The Bertz CT molecular complexity index is 669. The van der Waals surface area contributed by atoms with E-state index in [9.17, 15) is 4.79 Å². The summed E-state index contributed by atoms with van der Waals surface area (Å²) in [6.45, 7) is 3.59. The molecule has 0 unspecified atom stereocenters. The number of nitrogens with one attached hydrogen (secondary N) is 1. The van der Waals surface area contributed by atoms with E-state index in [1.54, 1.807) is 23.5 Å². The van der Waals surface area contributed by atoms with Crippen molar-refractivity contribution in [2.45, 2.75) is 19.8 Å². The second kappa shape index (κ2) is 6.79. The van der Waals surface area contributed by atoms with Crippen molar-refractivity contribution in [2.75, 3.05) is 19.8 Å². The Labute approximate surface area is 133 Å². The lowest BCUT2D eigenvalue weighted by Crippen LogP contribution is -2.26. The van der Waals surface area contributed by atoms with Crippen molar-refractivity contribution in [1.29, 1.82) is 0 Å². The first-order chi connectivity index (χ1) is 10.7.